The van der Waals surface area contributed by atoms with Gasteiger partial charge in [-0.05, 0) is 35.6 Å². The van der Waals surface area contributed by atoms with E-state index in [0.29, 0.717) is 0 Å². The zero-order valence-electron chi connectivity index (χ0n) is 11.2. The van der Waals surface area contributed by atoms with Gasteiger partial charge in [-0.1, -0.05) is 36.9 Å². The van der Waals surface area contributed by atoms with Crippen molar-refractivity contribution in [1.29, 1.82) is 0 Å². The van der Waals surface area contributed by atoms with E-state index < -0.39 is 0 Å². The first kappa shape index (κ1) is 12.2. The van der Waals surface area contributed by atoms with Gasteiger partial charge in [0.05, 0.1) is 0 Å². The Hall–Kier alpha value is -1.80. The summed E-state index contributed by atoms with van der Waals surface area (Å²) < 4.78 is 0. The molecule has 0 radical (unpaired) electrons. The number of hydrogen-bond acceptors (Lipinski definition) is 2. The van der Waals surface area contributed by atoms with Crippen LogP contribution >= 0.6 is 0 Å². The Kier molecular flexibility index (Phi) is 3.51. The maximum Gasteiger partial charge on any atom is 0.0360 e. The van der Waals surface area contributed by atoms with Gasteiger partial charge in [0.1, 0.15) is 0 Å². The molecule has 1 saturated heterocycles. The molecule has 0 aliphatic carbocycles. The number of allylic oxidation sites excluding steroid dienone is 3. The molecule has 0 atom stereocenters. The number of rotatable bonds is 3. The molecule has 2 heterocycles. The van der Waals surface area contributed by atoms with Gasteiger partial charge in [0.2, 0.25) is 0 Å². The van der Waals surface area contributed by atoms with Crippen molar-refractivity contribution < 1.29 is 0 Å². The Labute approximate surface area is 115 Å². The van der Waals surface area contributed by atoms with Crippen molar-refractivity contribution >= 4 is 0 Å². The number of aryl methyl sites for hydroxylation is 1. The number of piperazine rings is 1. The van der Waals surface area contributed by atoms with Crippen LogP contribution < -0.4 is 5.32 Å². The van der Waals surface area contributed by atoms with Crippen molar-refractivity contribution in [2.75, 3.05) is 19.6 Å². The molecule has 1 fully saturated rings. The molecule has 2 aliphatic heterocycles. The van der Waals surface area contributed by atoms with Crippen LogP contribution in [-0.2, 0) is 6.42 Å². The molecule has 1 N–H and O–H groups in total. The highest BCUT2D eigenvalue weighted by molar-refractivity contribution is 5.44. The third-order valence-corrected chi connectivity index (χ3v) is 3.80. The maximum absolute atomic E-state index is 4.20. The molecular formula is C17H20N2. The van der Waals surface area contributed by atoms with Gasteiger partial charge in [0.25, 0.3) is 0 Å². The average molecular weight is 252 g/mol. The van der Waals surface area contributed by atoms with Gasteiger partial charge in [0, 0.05) is 31.5 Å². The van der Waals surface area contributed by atoms with Crippen LogP contribution in [0.15, 0.2) is 66.0 Å². The van der Waals surface area contributed by atoms with E-state index in [1.165, 1.54) is 22.4 Å². The molecule has 0 spiro atoms. The Morgan fingerprint density at radius 2 is 2.00 bits per heavy atom. The van der Waals surface area contributed by atoms with Crippen LogP contribution in [0.1, 0.15) is 12.0 Å². The molecule has 1 aromatic carbocycles. The van der Waals surface area contributed by atoms with E-state index in [1.54, 1.807) is 0 Å². The summed E-state index contributed by atoms with van der Waals surface area (Å²) in [5.74, 6) is 0. The number of fused-ring (bicyclic) bond motifs is 1. The zero-order valence-corrected chi connectivity index (χ0v) is 11.2. The van der Waals surface area contributed by atoms with E-state index >= 15 is 0 Å². The molecule has 0 amide bonds. The Bertz CT molecular complexity index is 525. The Balaban J connectivity index is 1.68. The molecule has 0 unspecified atom stereocenters. The second-order valence-electron chi connectivity index (χ2n) is 5.17. The first-order chi connectivity index (χ1) is 9.33. The molecule has 0 saturated carbocycles. The van der Waals surface area contributed by atoms with E-state index in [9.17, 15) is 0 Å². The van der Waals surface area contributed by atoms with E-state index in [2.05, 4.69) is 59.4 Å². The predicted molar refractivity (Wildman–Crippen MR) is 79.6 cm³/mol. The zero-order chi connectivity index (χ0) is 13.1. The van der Waals surface area contributed by atoms with Gasteiger partial charge in [-0.2, -0.15) is 0 Å². The lowest BCUT2D eigenvalue weighted by molar-refractivity contribution is 0.386. The number of nitrogens with one attached hydrogen (secondary N) is 1. The first-order valence-corrected chi connectivity index (χ1v) is 6.95. The first-order valence-electron chi connectivity index (χ1n) is 6.95. The van der Waals surface area contributed by atoms with Gasteiger partial charge in [-0.15, -0.1) is 0 Å². The van der Waals surface area contributed by atoms with Crippen LogP contribution in [0.3, 0.4) is 0 Å². The summed E-state index contributed by atoms with van der Waals surface area (Å²) in [6, 6.07) is 10.7. The van der Waals surface area contributed by atoms with Crippen molar-refractivity contribution in [2.24, 2.45) is 0 Å². The minimum Gasteiger partial charge on any atom is -0.349 e. The quantitative estimate of drug-likeness (QED) is 0.890. The van der Waals surface area contributed by atoms with Crippen molar-refractivity contribution in [2.45, 2.75) is 12.8 Å². The summed E-state index contributed by atoms with van der Waals surface area (Å²) in [6.07, 6.45) is 6.67. The van der Waals surface area contributed by atoms with Gasteiger partial charge < -0.3 is 10.2 Å². The minimum atomic E-state index is 0.960. The molecule has 3 rings (SSSR count). The molecule has 19 heavy (non-hydrogen) atoms. The largest absolute Gasteiger partial charge is 0.349 e. The summed E-state index contributed by atoms with van der Waals surface area (Å²) in [5.41, 5.74) is 5.28. The van der Waals surface area contributed by atoms with Crippen LogP contribution in [0.4, 0.5) is 0 Å². The molecule has 98 valence electrons. The highest BCUT2D eigenvalue weighted by Gasteiger charge is 2.18. The molecule has 0 aromatic heterocycles. The fourth-order valence-electron chi connectivity index (χ4n) is 2.66. The van der Waals surface area contributed by atoms with Gasteiger partial charge in [-0.25, -0.2) is 0 Å². The van der Waals surface area contributed by atoms with Crippen molar-refractivity contribution in [3.8, 4) is 0 Å². The molecule has 2 heteroatoms. The average Bonchev–Trinajstić information content (AvgIpc) is 2.46. The number of benzene rings is 1. The monoisotopic (exact) mass is 252 g/mol. The normalized spacial score (nSPS) is 18.7. The Morgan fingerprint density at radius 3 is 2.84 bits per heavy atom. The van der Waals surface area contributed by atoms with Gasteiger partial charge in [0.15, 0.2) is 0 Å². The molecular weight excluding hydrogens is 232 g/mol. The fraction of sp³-hybridized carbons (Fsp3) is 0.294. The van der Waals surface area contributed by atoms with Crippen molar-refractivity contribution in [1.82, 2.24) is 10.2 Å². The smallest absolute Gasteiger partial charge is 0.0360 e. The summed E-state index contributed by atoms with van der Waals surface area (Å²) >= 11 is 0. The summed E-state index contributed by atoms with van der Waals surface area (Å²) in [4.78, 5) is 2.37. The third kappa shape index (κ3) is 2.79. The summed E-state index contributed by atoms with van der Waals surface area (Å²) in [6.45, 7) is 7.28. The molecule has 2 nitrogen and oxygen atoms in total. The van der Waals surface area contributed by atoms with E-state index in [4.69, 9.17) is 0 Å². The second-order valence-corrected chi connectivity index (χ2v) is 5.17. The Morgan fingerprint density at radius 1 is 1.16 bits per heavy atom. The van der Waals surface area contributed by atoms with E-state index in [0.717, 1.165) is 32.5 Å². The van der Waals surface area contributed by atoms with Crippen molar-refractivity contribution in [3.63, 3.8) is 0 Å². The second kappa shape index (κ2) is 5.45. The van der Waals surface area contributed by atoms with Crippen LogP contribution in [0, 0.1) is 0 Å². The van der Waals surface area contributed by atoms with Gasteiger partial charge >= 0.3 is 0 Å². The molecule has 2 aliphatic rings. The van der Waals surface area contributed by atoms with Crippen LogP contribution in [0.5, 0.6) is 0 Å². The van der Waals surface area contributed by atoms with Crippen LogP contribution in [-0.4, -0.2) is 24.5 Å². The lowest BCUT2D eigenvalue weighted by atomic mass is 9.96. The minimum absolute atomic E-state index is 0.960. The van der Waals surface area contributed by atoms with E-state index in [1.807, 2.05) is 0 Å². The predicted octanol–water partition coefficient (Wildman–Crippen LogP) is 2.86. The molecule has 0 bridgehead atoms. The van der Waals surface area contributed by atoms with E-state index in [-0.39, 0.29) is 0 Å². The fourth-order valence-corrected chi connectivity index (χ4v) is 2.66. The highest BCUT2D eigenvalue weighted by atomic mass is 15.2. The number of hydrogen-bond donors (Lipinski definition) is 1. The van der Waals surface area contributed by atoms with Crippen molar-refractivity contribution in [3.05, 3.63) is 71.6 Å². The third-order valence-electron chi connectivity index (χ3n) is 3.80. The standard InChI is InChI=1S/C17H20N2/c1-14-11-17-12-18-9-10-19(17)13-16(14)8-7-15-5-3-2-4-6-15/h2-6,11,13,18H,1,7-10,12H2. The lowest BCUT2D eigenvalue weighted by Gasteiger charge is -2.33. The van der Waals surface area contributed by atoms with Gasteiger partial charge in [-0.3, -0.25) is 0 Å². The summed E-state index contributed by atoms with van der Waals surface area (Å²) in [5, 5.41) is 3.40. The molecule has 1 aromatic rings. The van der Waals surface area contributed by atoms with Crippen LogP contribution in [0.2, 0.25) is 0 Å². The maximum atomic E-state index is 4.20. The van der Waals surface area contributed by atoms with Crippen LogP contribution in [0.25, 0.3) is 0 Å². The summed E-state index contributed by atoms with van der Waals surface area (Å²) in [7, 11) is 0. The highest BCUT2D eigenvalue weighted by Crippen LogP contribution is 2.26. The SMILES string of the molecule is C=C1C=C2CNCCN2C=C1CCc1ccccc1. The number of nitrogens with zero attached hydrogens (tertiary/aromatic N) is 1. The lowest BCUT2D eigenvalue weighted by Crippen LogP contribution is -2.40. The topological polar surface area (TPSA) is 15.3 Å².